The molecule has 0 heterocycles. The van der Waals surface area contributed by atoms with Crippen molar-refractivity contribution in [2.75, 3.05) is 6.61 Å². The Morgan fingerprint density at radius 2 is 1.78 bits per heavy atom. The van der Waals surface area contributed by atoms with E-state index in [0.717, 1.165) is 43.1 Å². The van der Waals surface area contributed by atoms with Gasteiger partial charge in [0.1, 0.15) is 0 Å². The molecule has 0 radical (unpaired) electrons. The molecule has 0 rings (SSSR count). The van der Waals surface area contributed by atoms with Crippen molar-refractivity contribution in [2.24, 2.45) is 0 Å². The summed E-state index contributed by atoms with van der Waals surface area (Å²) in [6.45, 7) is 5.67. The largest absolute Gasteiger partial charge is 0.466 e. The molecule has 0 aliphatic heterocycles. The van der Waals surface area contributed by atoms with Gasteiger partial charge in [0.25, 0.3) is 0 Å². The number of ether oxygens (including phenoxy) is 1. The summed E-state index contributed by atoms with van der Waals surface area (Å²) >= 11 is 5.66. The Morgan fingerprint density at radius 3 is 2.17 bits per heavy atom. The molecule has 0 spiro atoms. The van der Waals surface area contributed by atoms with Gasteiger partial charge < -0.3 is 29.2 Å². The second-order valence-electron chi connectivity index (χ2n) is 4.39. The van der Waals surface area contributed by atoms with Gasteiger partial charge in [0.15, 0.2) is 0 Å². The van der Waals surface area contributed by atoms with Crippen molar-refractivity contribution < 1.29 is 38.6 Å². The molecule has 0 aliphatic carbocycles. The Balaban J connectivity index is 0. The lowest BCUT2D eigenvalue weighted by Crippen LogP contribution is -2.10. The number of esters is 1. The van der Waals surface area contributed by atoms with Gasteiger partial charge in [-0.1, -0.05) is 44.1 Å². The van der Waals surface area contributed by atoms with Crippen LogP contribution in [0.1, 0.15) is 39.0 Å². The fourth-order valence-electron chi connectivity index (χ4n) is 1.42. The molecule has 5 N–H and O–H groups in total. The smallest absolute Gasteiger partial charge is 0.463 e. The van der Waals surface area contributed by atoms with Crippen molar-refractivity contribution in [1.82, 2.24) is 0 Å². The van der Waals surface area contributed by atoms with E-state index in [9.17, 15) is 14.6 Å². The van der Waals surface area contributed by atoms with Crippen molar-refractivity contribution in [3.63, 3.8) is 0 Å². The number of carbonyl (C=O) groups is 1. The molecule has 0 fully saturated rings. The zero-order chi connectivity index (χ0) is 18.5. The van der Waals surface area contributed by atoms with Crippen LogP contribution in [0.25, 0.3) is 0 Å². The summed E-state index contributed by atoms with van der Waals surface area (Å²) in [5, 5.41) is 0.0231. The first kappa shape index (κ1) is 25.5. The molecule has 1 atom stereocenters. The summed E-state index contributed by atoms with van der Waals surface area (Å²) in [6.07, 6.45) is 5.76. The summed E-state index contributed by atoms with van der Waals surface area (Å²) in [5.74, 6) is -0.459. The van der Waals surface area contributed by atoms with E-state index in [1.165, 1.54) is 0 Å². The van der Waals surface area contributed by atoms with Gasteiger partial charge in [-0.15, -0.1) is 0 Å². The van der Waals surface area contributed by atoms with Gasteiger partial charge in [-0.2, -0.15) is 0 Å². The molecule has 12 heteroatoms. The average Bonchev–Trinajstić information content (AvgIpc) is 2.34. The summed E-state index contributed by atoms with van der Waals surface area (Å²) in [7, 11) is -4.64. The molecule has 1 unspecified atom stereocenters. The minimum atomic E-state index is -4.64. The predicted octanol–water partition coefficient (Wildman–Crippen LogP) is 2.07. The molecule has 0 aromatic carbocycles. The molecule has 0 bridgehead atoms. The van der Waals surface area contributed by atoms with Crippen molar-refractivity contribution >= 4 is 42.7 Å². The predicted molar refractivity (Wildman–Crippen MR) is 94.3 cm³/mol. The maximum absolute atomic E-state index is 10.9. The van der Waals surface area contributed by atoms with Crippen LogP contribution in [0.3, 0.4) is 0 Å². The Morgan fingerprint density at radius 1 is 1.26 bits per heavy atom. The van der Waals surface area contributed by atoms with Gasteiger partial charge in [-0.25, -0.2) is 9.36 Å². The normalized spacial score (nSPS) is 12.8. The number of hydrogen-bond donors (Lipinski definition) is 5. The standard InChI is InChI=1S/C11H21O4PS2.H3O4P/c1-3-5-6-7-10(18-16(13,14)17)8-9-15-11(12)4-2;1-5(2,3)4/h4,10H,2-3,5-9H2,1H3,(H2,13,14,17);(H3,1,2,3,4). The topological polar surface area (TPSA) is 145 Å². The molecular formula is C11H24O8P2S2. The highest BCUT2D eigenvalue weighted by Crippen LogP contribution is 2.54. The van der Waals surface area contributed by atoms with Gasteiger partial charge in [-0.3, -0.25) is 0 Å². The van der Waals surface area contributed by atoms with Crippen LogP contribution in [0.15, 0.2) is 12.7 Å². The van der Waals surface area contributed by atoms with Crippen molar-refractivity contribution in [3.8, 4) is 0 Å². The third-order valence-electron chi connectivity index (χ3n) is 2.27. The molecule has 0 saturated carbocycles. The lowest BCUT2D eigenvalue weighted by Gasteiger charge is -2.18. The second kappa shape index (κ2) is 13.5. The Bertz CT molecular complexity index is 425. The Hall–Kier alpha value is 0.240. The number of carbonyl (C=O) groups excluding carboxylic acids is 1. The third-order valence-corrected chi connectivity index (χ3v) is 5.80. The first-order chi connectivity index (χ1) is 10.4. The minimum Gasteiger partial charge on any atom is -0.463 e. The number of phosphoric acid groups is 1. The lowest BCUT2D eigenvalue weighted by atomic mass is 10.1. The number of rotatable bonds is 10. The Labute approximate surface area is 145 Å². The molecule has 8 nitrogen and oxygen atoms in total. The summed E-state index contributed by atoms with van der Waals surface area (Å²) < 4.78 is 13.8. The van der Waals surface area contributed by atoms with E-state index in [2.05, 4.69) is 25.3 Å². The first-order valence-electron chi connectivity index (χ1n) is 6.70. The van der Waals surface area contributed by atoms with Crippen LogP contribution in [0.5, 0.6) is 0 Å². The third kappa shape index (κ3) is 27.4. The van der Waals surface area contributed by atoms with Crippen LogP contribution in [0.4, 0.5) is 0 Å². The van der Waals surface area contributed by atoms with Crippen LogP contribution in [-0.4, -0.2) is 42.3 Å². The molecular weight excluding hydrogens is 386 g/mol. The van der Waals surface area contributed by atoms with Crippen molar-refractivity contribution in [3.05, 3.63) is 12.7 Å². The van der Waals surface area contributed by atoms with E-state index < -0.39 is 19.5 Å². The fourth-order valence-corrected chi connectivity index (χ4v) is 5.17. The highest BCUT2D eigenvalue weighted by Gasteiger charge is 2.18. The summed E-state index contributed by atoms with van der Waals surface area (Å²) in [4.78, 5) is 51.1. The SMILES string of the molecule is C=CC(=O)OCCC(CCCCC)SP(O)(O)=S.O=P(O)(O)O. The average molecular weight is 410 g/mol. The van der Waals surface area contributed by atoms with E-state index in [-0.39, 0.29) is 11.9 Å². The van der Waals surface area contributed by atoms with Gasteiger partial charge >= 0.3 is 13.8 Å². The van der Waals surface area contributed by atoms with Gasteiger partial charge in [0.2, 0.25) is 5.69 Å². The maximum Gasteiger partial charge on any atom is 0.466 e. The lowest BCUT2D eigenvalue weighted by molar-refractivity contribution is -0.137. The van der Waals surface area contributed by atoms with E-state index in [4.69, 9.17) is 24.0 Å². The van der Waals surface area contributed by atoms with Gasteiger partial charge in [-0.05, 0) is 24.6 Å². The summed E-state index contributed by atoms with van der Waals surface area (Å²) in [5.41, 5.74) is -3.25. The zero-order valence-corrected chi connectivity index (χ0v) is 16.2. The molecule has 23 heavy (non-hydrogen) atoms. The zero-order valence-electron chi connectivity index (χ0n) is 12.8. The molecule has 0 aliphatic rings. The van der Waals surface area contributed by atoms with Crippen molar-refractivity contribution in [2.45, 2.75) is 44.3 Å². The van der Waals surface area contributed by atoms with E-state index >= 15 is 0 Å². The van der Waals surface area contributed by atoms with Gasteiger partial charge in [0, 0.05) is 11.3 Å². The van der Waals surface area contributed by atoms with Crippen LogP contribution in [-0.2, 0) is 25.9 Å². The molecule has 0 saturated heterocycles. The highest BCUT2D eigenvalue weighted by molar-refractivity contribution is 8.67. The molecule has 0 amide bonds. The van der Waals surface area contributed by atoms with Gasteiger partial charge in [0.05, 0.1) is 6.61 Å². The van der Waals surface area contributed by atoms with Crippen LogP contribution in [0.2, 0.25) is 0 Å². The fraction of sp³-hybridized carbons (Fsp3) is 0.727. The highest BCUT2D eigenvalue weighted by atomic mass is 32.9. The van der Waals surface area contributed by atoms with Crippen LogP contribution in [0, 0.1) is 0 Å². The monoisotopic (exact) mass is 410 g/mol. The van der Waals surface area contributed by atoms with E-state index in [1.807, 2.05) is 0 Å². The van der Waals surface area contributed by atoms with E-state index in [0.29, 0.717) is 6.42 Å². The maximum atomic E-state index is 10.9. The number of hydrogen-bond acceptors (Lipinski definition) is 5. The number of unbranched alkanes of at least 4 members (excludes halogenated alkanes) is 2. The first-order valence-corrected chi connectivity index (χ1v) is 12.5. The minimum absolute atomic E-state index is 0.0231. The van der Waals surface area contributed by atoms with E-state index in [1.54, 1.807) is 0 Å². The van der Waals surface area contributed by atoms with Crippen LogP contribution < -0.4 is 0 Å². The quantitative estimate of drug-likeness (QED) is 0.157. The van der Waals surface area contributed by atoms with Crippen LogP contribution >= 0.6 is 24.9 Å². The van der Waals surface area contributed by atoms with Crippen molar-refractivity contribution in [1.29, 1.82) is 0 Å². The summed E-state index contributed by atoms with van der Waals surface area (Å²) in [6, 6.07) is 0. The molecule has 138 valence electrons. The Kier molecular flexibility index (Phi) is 15.0. The molecule has 0 aromatic heterocycles. The second-order valence-corrected chi connectivity index (χ2v) is 11.7. The molecule has 0 aromatic rings.